The smallest absolute Gasteiger partial charge is 0.396 e. The van der Waals surface area contributed by atoms with E-state index in [1.165, 1.54) is 11.0 Å². The molecular weight excluding hydrogens is 435 g/mol. The van der Waals surface area contributed by atoms with Crippen LogP contribution in [-0.2, 0) is 9.53 Å². The van der Waals surface area contributed by atoms with E-state index < -0.39 is 42.1 Å². The van der Waals surface area contributed by atoms with Gasteiger partial charge in [0.1, 0.15) is 6.10 Å². The van der Waals surface area contributed by atoms with Crippen LogP contribution in [0.15, 0.2) is 34.6 Å². The van der Waals surface area contributed by atoms with Crippen molar-refractivity contribution < 1.29 is 36.6 Å². The number of hydrogen-bond donors (Lipinski definition) is 2. The number of alkyl halides is 5. The van der Waals surface area contributed by atoms with Crippen molar-refractivity contribution in [3.63, 3.8) is 0 Å². The van der Waals surface area contributed by atoms with Gasteiger partial charge in [0, 0.05) is 49.1 Å². The summed E-state index contributed by atoms with van der Waals surface area (Å²) in [4.78, 5) is 14.0. The Labute approximate surface area is 183 Å². The fourth-order valence-electron chi connectivity index (χ4n) is 5.11. The number of carbonyl (C=O) groups excluding carboxylic acids is 1. The van der Waals surface area contributed by atoms with Gasteiger partial charge in [-0.25, -0.2) is 8.78 Å². The van der Waals surface area contributed by atoms with Crippen molar-refractivity contribution in [3.8, 4) is 0 Å². The summed E-state index contributed by atoms with van der Waals surface area (Å²) in [6, 6.07) is 0. The first kappa shape index (κ1) is 23.2. The lowest BCUT2D eigenvalue weighted by atomic mass is 9.75. The van der Waals surface area contributed by atoms with Crippen LogP contribution in [0, 0.1) is 11.8 Å². The molecule has 178 valence electrons. The number of halogens is 5. The molecule has 3 atom stereocenters. The van der Waals surface area contributed by atoms with Gasteiger partial charge in [-0.15, -0.1) is 0 Å². The van der Waals surface area contributed by atoms with Gasteiger partial charge >= 0.3 is 6.18 Å². The Kier molecular flexibility index (Phi) is 6.37. The Hall–Kier alpha value is -1.94. The molecule has 1 fully saturated rings. The first-order valence-electron chi connectivity index (χ1n) is 10.9. The molecule has 1 amide bonds. The largest absolute Gasteiger partial charge is 0.412 e. The van der Waals surface area contributed by atoms with Gasteiger partial charge in [0.05, 0.1) is 6.54 Å². The summed E-state index contributed by atoms with van der Waals surface area (Å²) >= 11 is 0. The Bertz CT molecular complexity index is 849. The van der Waals surface area contributed by atoms with E-state index in [0.717, 1.165) is 11.6 Å². The van der Waals surface area contributed by atoms with Crippen molar-refractivity contribution in [3.05, 3.63) is 34.6 Å². The van der Waals surface area contributed by atoms with Gasteiger partial charge in [-0.2, -0.15) is 13.2 Å². The summed E-state index contributed by atoms with van der Waals surface area (Å²) in [5.41, 5.74) is 0.579. The average molecular weight is 462 g/mol. The number of amides is 1. The van der Waals surface area contributed by atoms with E-state index in [2.05, 4.69) is 5.32 Å². The number of nitrogens with zero attached hydrogens (tertiary/aromatic N) is 1. The van der Waals surface area contributed by atoms with Crippen molar-refractivity contribution in [2.75, 3.05) is 32.8 Å². The Morgan fingerprint density at radius 2 is 1.97 bits per heavy atom. The molecule has 2 aliphatic carbocycles. The maximum absolute atomic E-state index is 15.3. The summed E-state index contributed by atoms with van der Waals surface area (Å²) in [6.07, 6.45) is -2.56. The van der Waals surface area contributed by atoms with Crippen LogP contribution >= 0.6 is 0 Å². The highest BCUT2D eigenvalue weighted by atomic mass is 19.4. The van der Waals surface area contributed by atoms with Gasteiger partial charge in [-0.05, 0) is 38.0 Å². The minimum Gasteiger partial charge on any atom is -0.396 e. The standard InChI is InChI=1S/C22H27F5N2O3/c23-21(24,18-9-13(11-30)5-8-32-18)12-29-7-6-28-20(31)16-4-2-14-1-3-15(22(25,26)27)10-17(14)19(16)29/h1,3,13,17-18,30H,2,4-12H2,(H,28,31). The fourth-order valence-corrected chi connectivity index (χ4v) is 5.11. The van der Waals surface area contributed by atoms with E-state index in [1.807, 2.05) is 0 Å². The Balaban J connectivity index is 1.64. The molecule has 5 nitrogen and oxygen atoms in total. The fraction of sp³-hybridized carbons (Fsp3) is 0.682. The minimum atomic E-state index is -4.52. The van der Waals surface area contributed by atoms with Crippen LogP contribution in [0.4, 0.5) is 22.0 Å². The second-order valence-corrected chi connectivity index (χ2v) is 8.92. The molecule has 0 spiro atoms. The van der Waals surface area contributed by atoms with E-state index in [0.29, 0.717) is 24.8 Å². The predicted octanol–water partition coefficient (Wildman–Crippen LogP) is 3.32. The maximum Gasteiger partial charge on any atom is 0.412 e. The molecule has 2 aliphatic heterocycles. The Morgan fingerprint density at radius 3 is 2.69 bits per heavy atom. The van der Waals surface area contributed by atoms with Gasteiger partial charge in [-0.3, -0.25) is 4.79 Å². The Morgan fingerprint density at radius 1 is 1.19 bits per heavy atom. The zero-order valence-corrected chi connectivity index (χ0v) is 17.6. The van der Waals surface area contributed by atoms with E-state index >= 15 is 8.78 Å². The van der Waals surface area contributed by atoms with Crippen LogP contribution in [0.5, 0.6) is 0 Å². The van der Waals surface area contributed by atoms with Crippen LogP contribution in [0.25, 0.3) is 0 Å². The maximum atomic E-state index is 15.3. The molecule has 10 heteroatoms. The summed E-state index contributed by atoms with van der Waals surface area (Å²) in [7, 11) is 0. The van der Waals surface area contributed by atoms with Crippen LogP contribution in [0.1, 0.15) is 32.1 Å². The lowest BCUT2D eigenvalue weighted by molar-refractivity contribution is -0.172. The van der Waals surface area contributed by atoms with Crippen molar-refractivity contribution in [2.24, 2.45) is 11.8 Å². The highest BCUT2D eigenvalue weighted by molar-refractivity contribution is 5.95. The molecule has 0 saturated carbocycles. The van der Waals surface area contributed by atoms with Crippen LogP contribution in [0.3, 0.4) is 0 Å². The van der Waals surface area contributed by atoms with Gasteiger partial charge in [-0.1, -0.05) is 17.7 Å². The van der Waals surface area contributed by atoms with Crippen LogP contribution in [-0.4, -0.2) is 67.0 Å². The highest BCUT2D eigenvalue weighted by Crippen LogP contribution is 2.46. The zero-order chi connectivity index (χ0) is 23.1. The molecule has 32 heavy (non-hydrogen) atoms. The summed E-state index contributed by atoms with van der Waals surface area (Å²) in [5.74, 6) is -4.72. The lowest BCUT2D eigenvalue weighted by Gasteiger charge is -2.42. The third-order valence-electron chi connectivity index (χ3n) is 6.84. The van der Waals surface area contributed by atoms with Crippen molar-refractivity contribution in [1.82, 2.24) is 10.2 Å². The van der Waals surface area contributed by atoms with E-state index in [9.17, 15) is 23.1 Å². The number of carbonyl (C=O) groups is 1. The lowest BCUT2D eigenvalue weighted by Crippen LogP contribution is -2.50. The number of fused-ring (bicyclic) bond motifs is 2. The summed E-state index contributed by atoms with van der Waals surface area (Å²) < 4.78 is 76.1. The summed E-state index contributed by atoms with van der Waals surface area (Å²) in [6.45, 7) is -0.630. The zero-order valence-electron chi connectivity index (χ0n) is 17.6. The normalized spacial score (nSPS) is 29.5. The second kappa shape index (κ2) is 8.78. The molecule has 2 heterocycles. The molecule has 0 aromatic rings. The van der Waals surface area contributed by atoms with Crippen molar-refractivity contribution in [1.29, 1.82) is 0 Å². The first-order valence-corrected chi connectivity index (χ1v) is 10.9. The number of rotatable bonds is 4. The number of allylic oxidation sites excluding steroid dienone is 4. The number of aliphatic hydroxyl groups excluding tert-OH is 1. The average Bonchev–Trinajstić information content (AvgIpc) is 2.91. The van der Waals surface area contributed by atoms with Crippen LogP contribution in [0.2, 0.25) is 0 Å². The SMILES string of the molecule is O=C1NCCN(CC(F)(F)C2CC(CO)CCO2)C2=C1CCC1=CC=C(C(F)(F)F)CC12. The monoisotopic (exact) mass is 462 g/mol. The molecule has 0 bridgehead atoms. The number of hydrogen-bond acceptors (Lipinski definition) is 4. The predicted molar refractivity (Wildman–Crippen MR) is 106 cm³/mol. The quantitative estimate of drug-likeness (QED) is 0.630. The molecule has 1 saturated heterocycles. The molecule has 3 unspecified atom stereocenters. The number of ether oxygens (including phenoxy) is 1. The molecule has 2 N–H and O–H groups in total. The highest BCUT2D eigenvalue weighted by Gasteiger charge is 2.48. The number of nitrogens with one attached hydrogen (secondary N) is 1. The number of aliphatic hydroxyl groups is 1. The first-order chi connectivity index (χ1) is 15.1. The van der Waals surface area contributed by atoms with Gasteiger partial charge in [0.2, 0.25) is 5.91 Å². The van der Waals surface area contributed by atoms with Gasteiger partial charge in [0.25, 0.3) is 5.92 Å². The van der Waals surface area contributed by atoms with Crippen LogP contribution < -0.4 is 5.32 Å². The molecule has 0 radical (unpaired) electrons. The van der Waals surface area contributed by atoms with Gasteiger partial charge in [0.15, 0.2) is 0 Å². The van der Waals surface area contributed by atoms with E-state index in [-0.39, 0.29) is 50.8 Å². The van der Waals surface area contributed by atoms with Gasteiger partial charge < -0.3 is 20.1 Å². The van der Waals surface area contributed by atoms with E-state index in [1.54, 1.807) is 0 Å². The molecule has 4 aliphatic rings. The topological polar surface area (TPSA) is 61.8 Å². The summed E-state index contributed by atoms with van der Waals surface area (Å²) in [5, 5.41) is 12.1. The van der Waals surface area contributed by atoms with Crippen molar-refractivity contribution >= 4 is 5.91 Å². The van der Waals surface area contributed by atoms with E-state index in [4.69, 9.17) is 4.74 Å². The molecular formula is C22H27F5N2O3. The minimum absolute atomic E-state index is 0.00989. The molecule has 0 aromatic carbocycles. The van der Waals surface area contributed by atoms with Crippen molar-refractivity contribution in [2.45, 2.75) is 50.3 Å². The molecule has 4 rings (SSSR count). The third-order valence-corrected chi connectivity index (χ3v) is 6.84. The third kappa shape index (κ3) is 4.57. The molecule has 0 aromatic heterocycles. The second-order valence-electron chi connectivity index (χ2n) is 8.92.